The Balaban J connectivity index is 2.00. The third-order valence-electron chi connectivity index (χ3n) is 3.93. The molecule has 0 aliphatic carbocycles. The summed E-state index contributed by atoms with van der Waals surface area (Å²) in [5, 5.41) is 8.52. The van der Waals surface area contributed by atoms with E-state index in [9.17, 15) is 9.18 Å². The van der Waals surface area contributed by atoms with Gasteiger partial charge in [-0.2, -0.15) is 12.6 Å². The highest BCUT2D eigenvalue weighted by atomic mass is 79.9. The van der Waals surface area contributed by atoms with Crippen molar-refractivity contribution in [3.63, 3.8) is 0 Å². The number of hydrogen-bond acceptors (Lipinski definition) is 4. The Labute approximate surface area is 167 Å². The van der Waals surface area contributed by atoms with E-state index in [0.717, 1.165) is 0 Å². The lowest BCUT2D eigenvalue weighted by Gasteiger charge is -2.11. The molecule has 136 valence electrons. The van der Waals surface area contributed by atoms with Crippen LogP contribution in [0.1, 0.15) is 17.8 Å². The zero-order valence-corrected chi connectivity index (χ0v) is 16.6. The highest BCUT2D eigenvalue weighted by Crippen LogP contribution is 2.23. The first kappa shape index (κ1) is 19.1. The quantitative estimate of drug-likeness (QED) is 0.426. The monoisotopic (exact) mass is 457 g/mol. The van der Waals surface area contributed by atoms with Crippen molar-refractivity contribution in [3.05, 3.63) is 57.2 Å². The molecule has 0 aliphatic rings. The van der Waals surface area contributed by atoms with Gasteiger partial charge in [-0.1, -0.05) is 33.6 Å². The van der Waals surface area contributed by atoms with Gasteiger partial charge in [-0.05, 0) is 30.7 Å². The third-order valence-corrected chi connectivity index (χ3v) is 5.11. The number of carboxylic acid groups (broad SMARTS) is 1. The maximum absolute atomic E-state index is 14.3. The second-order valence-corrected chi connectivity index (χ2v) is 7.65. The molecule has 0 spiro atoms. The zero-order valence-electron chi connectivity index (χ0n) is 13.4. The fraction of sp³-hybridized carbons (Fsp3) is 0.235. The second-order valence-electron chi connectivity index (χ2n) is 5.72. The number of nitrogens with zero attached hydrogens (tertiary/aromatic N) is 3. The molecule has 0 saturated carbocycles. The number of carbonyl (C=O) groups is 1. The molecule has 0 amide bonds. The van der Waals surface area contributed by atoms with Gasteiger partial charge in [0, 0.05) is 16.5 Å². The van der Waals surface area contributed by atoms with Crippen molar-refractivity contribution in [2.24, 2.45) is 0 Å². The van der Waals surface area contributed by atoms with Crippen molar-refractivity contribution in [2.75, 3.05) is 0 Å². The molecule has 0 aliphatic heterocycles. The van der Waals surface area contributed by atoms with Gasteiger partial charge in [-0.15, -0.1) is 0 Å². The largest absolute Gasteiger partial charge is 0.480 e. The first-order valence-corrected chi connectivity index (χ1v) is 9.40. The van der Waals surface area contributed by atoms with Crippen molar-refractivity contribution in [3.8, 4) is 0 Å². The third kappa shape index (κ3) is 4.19. The lowest BCUT2D eigenvalue weighted by Crippen LogP contribution is -2.16. The van der Waals surface area contributed by atoms with E-state index >= 15 is 0 Å². The first-order valence-electron chi connectivity index (χ1n) is 7.71. The minimum atomic E-state index is -0.990. The normalized spacial score (nSPS) is 12.5. The zero-order chi connectivity index (χ0) is 18.8. The Morgan fingerprint density at radius 1 is 1.35 bits per heavy atom. The SMILES string of the molecule is O=C(O)C(S)CCc1nc2nc(Cl)ccc2n1Cc1ccc(Br)cc1F. The number of pyridine rings is 1. The number of aromatic nitrogens is 3. The number of fused-ring (bicyclic) bond motifs is 1. The molecule has 2 heterocycles. The summed E-state index contributed by atoms with van der Waals surface area (Å²) in [6.45, 7) is 0.249. The van der Waals surface area contributed by atoms with Crippen molar-refractivity contribution in [2.45, 2.75) is 24.6 Å². The highest BCUT2D eigenvalue weighted by molar-refractivity contribution is 9.10. The number of benzene rings is 1. The van der Waals surface area contributed by atoms with E-state index in [1.807, 2.05) is 4.57 Å². The van der Waals surface area contributed by atoms with Crippen LogP contribution in [0.15, 0.2) is 34.8 Å². The van der Waals surface area contributed by atoms with Crippen LogP contribution < -0.4 is 0 Å². The summed E-state index contributed by atoms with van der Waals surface area (Å²) in [5.74, 6) is -0.722. The van der Waals surface area contributed by atoms with Crippen molar-refractivity contribution < 1.29 is 14.3 Å². The summed E-state index contributed by atoms with van der Waals surface area (Å²) in [7, 11) is 0. The lowest BCUT2D eigenvalue weighted by molar-refractivity contribution is -0.136. The number of hydrogen-bond donors (Lipinski definition) is 2. The second kappa shape index (κ2) is 7.94. The van der Waals surface area contributed by atoms with E-state index in [0.29, 0.717) is 38.6 Å². The van der Waals surface area contributed by atoms with Gasteiger partial charge in [0.2, 0.25) is 0 Å². The molecule has 1 aromatic carbocycles. The van der Waals surface area contributed by atoms with E-state index in [2.05, 4.69) is 38.5 Å². The summed E-state index contributed by atoms with van der Waals surface area (Å²) < 4.78 is 16.7. The smallest absolute Gasteiger partial charge is 0.316 e. The van der Waals surface area contributed by atoms with E-state index < -0.39 is 11.2 Å². The minimum Gasteiger partial charge on any atom is -0.480 e. The fourth-order valence-electron chi connectivity index (χ4n) is 2.61. The Bertz CT molecular complexity index is 982. The standard InChI is InChI=1S/C17H14BrClFN3O2S/c18-10-2-1-9(11(20)7-10)8-23-12-3-5-14(19)21-16(12)22-15(23)6-4-13(26)17(24)25/h1-3,5,7,13,26H,4,6,8H2,(H,24,25). The van der Waals surface area contributed by atoms with Gasteiger partial charge in [0.25, 0.3) is 0 Å². The predicted molar refractivity (Wildman–Crippen MR) is 104 cm³/mol. The molecule has 1 atom stereocenters. The molecule has 0 saturated heterocycles. The maximum Gasteiger partial charge on any atom is 0.316 e. The van der Waals surface area contributed by atoms with Crippen molar-refractivity contribution in [1.82, 2.24) is 14.5 Å². The molecule has 26 heavy (non-hydrogen) atoms. The molecule has 9 heteroatoms. The molecule has 3 rings (SSSR count). The molecule has 0 fully saturated rings. The van der Waals surface area contributed by atoms with Crippen LogP contribution in [0.5, 0.6) is 0 Å². The maximum atomic E-state index is 14.3. The molecule has 1 unspecified atom stereocenters. The Morgan fingerprint density at radius 3 is 2.81 bits per heavy atom. The van der Waals surface area contributed by atoms with Crippen LogP contribution in [0.4, 0.5) is 4.39 Å². The van der Waals surface area contributed by atoms with E-state index in [4.69, 9.17) is 16.7 Å². The molecule has 1 N–H and O–H groups in total. The van der Waals surface area contributed by atoms with Gasteiger partial charge >= 0.3 is 5.97 Å². The summed E-state index contributed by atoms with van der Waals surface area (Å²) >= 11 is 13.2. The molecule has 2 aromatic heterocycles. The highest BCUT2D eigenvalue weighted by Gasteiger charge is 2.18. The predicted octanol–water partition coefficient (Wildman–Crippen LogP) is 4.35. The minimum absolute atomic E-state index is 0.249. The van der Waals surface area contributed by atoms with Gasteiger partial charge in [0.05, 0.1) is 17.3 Å². The lowest BCUT2D eigenvalue weighted by atomic mass is 10.2. The number of rotatable bonds is 6. The summed E-state index contributed by atoms with van der Waals surface area (Å²) in [6.07, 6.45) is 0.658. The number of halogens is 3. The van der Waals surface area contributed by atoms with Crippen LogP contribution in [0, 0.1) is 5.82 Å². The molecule has 0 bridgehead atoms. The topological polar surface area (TPSA) is 68.0 Å². The van der Waals surface area contributed by atoms with Crippen LogP contribution in [0.2, 0.25) is 5.15 Å². The summed E-state index contributed by atoms with van der Waals surface area (Å²) in [4.78, 5) is 19.7. The summed E-state index contributed by atoms with van der Waals surface area (Å²) in [5.41, 5.74) is 1.64. The Hall–Kier alpha value is -1.64. The van der Waals surface area contributed by atoms with Gasteiger partial charge < -0.3 is 9.67 Å². The molecule has 3 aromatic rings. The number of carboxylic acids is 1. The van der Waals surface area contributed by atoms with Crippen LogP contribution in [0.3, 0.4) is 0 Å². The first-order chi connectivity index (χ1) is 12.3. The van der Waals surface area contributed by atoms with E-state index in [1.54, 1.807) is 24.3 Å². The van der Waals surface area contributed by atoms with Gasteiger partial charge in [-0.25, -0.2) is 14.4 Å². The Kier molecular flexibility index (Phi) is 5.84. The van der Waals surface area contributed by atoms with Crippen molar-refractivity contribution >= 4 is 57.3 Å². The van der Waals surface area contributed by atoms with Crippen LogP contribution in [-0.4, -0.2) is 30.9 Å². The number of thiol groups is 1. The van der Waals surface area contributed by atoms with Gasteiger partial charge in [0.15, 0.2) is 5.65 Å². The Morgan fingerprint density at radius 2 is 2.12 bits per heavy atom. The molecular weight excluding hydrogens is 445 g/mol. The van der Waals surface area contributed by atoms with Crippen molar-refractivity contribution in [1.29, 1.82) is 0 Å². The van der Waals surface area contributed by atoms with Crippen LogP contribution in [0.25, 0.3) is 11.2 Å². The van der Waals surface area contributed by atoms with Gasteiger partial charge in [-0.3, -0.25) is 4.79 Å². The number of imidazole rings is 1. The number of aryl methyl sites for hydroxylation is 1. The fourth-order valence-corrected chi connectivity index (χ4v) is 3.21. The summed E-state index contributed by atoms with van der Waals surface area (Å²) in [6, 6.07) is 8.27. The molecular formula is C17H14BrClFN3O2S. The average Bonchev–Trinajstić information content (AvgIpc) is 2.91. The molecule has 0 radical (unpaired) electrons. The van der Waals surface area contributed by atoms with E-state index in [1.165, 1.54) is 6.07 Å². The average molecular weight is 459 g/mol. The van der Waals surface area contributed by atoms with Crippen LogP contribution >= 0.6 is 40.2 Å². The molecule has 5 nitrogen and oxygen atoms in total. The number of aliphatic carboxylic acids is 1. The van der Waals surface area contributed by atoms with E-state index in [-0.39, 0.29) is 18.8 Å². The van der Waals surface area contributed by atoms with Gasteiger partial charge in [0.1, 0.15) is 16.8 Å². The van der Waals surface area contributed by atoms with Crippen LogP contribution in [-0.2, 0) is 17.8 Å².